The summed E-state index contributed by atoms with van der Waals surface area (Å²) in [5, 5.41) is 8.54. The Balaban J connectivity index is 1.33. The van der Waals surface area contributed by atoms with Gasteiger partial charge in [-0.3, -0.25) is 14.8 Å². The average Bonchev–Trinajstić information content (AvgIpc) is 3.30. The summed E-state index contributed by atoms with van der Waals surface area (Å²) in [5.41, 5.74) is 2.17. The van der Waals surface area contributed by atoms with Gasteiger partial charge in [-0.05, 0) is 50.0 Å². The van der Waals surface area contributed by atoms with E-state index >= 15 is 0 Å². The van der Waals surface area contributed by atoms with Crippen LogP contribution in [0.25, 0.3) is 11.1 Å². The molecule has 2 N–H and O–H groups in total. The van der Waals surface area contributed by atoms with E-state index in [9.17, 15) is 18.0 Å². The van der Waals surface area contributed by atoms with Gasteiger partial charge in [-0.15, -0.1) is 0 Å². The summed E-state index contributed by atoms with van der Waals surface area (Å²) >= 11 is 0. The van der Waals surface area contributed by atoms with Crippen molar-refractivity contribution in [3.05, 3.63) is 71.9 Å². The van der Waals surface area contributed by atoms with E-state index in [2.05, 4.69) is 30.9 Å². The molecule has 0 saturated carbocycles. The van der Waals surface area contributed by atoms with Crippen molar-refractivity contribution in [2.24, 2.45) is 0 Å². The topological polar surface area (TPSA) is 122 Å². The van der Waals surface area contributed by atoms with Gasteiger partial charge in [-0.1, -0.05) is 12.1 Å². The molecule has 0 fully saturated rings. The predicted molar refractivity (Wildman–Crippen MR) is 134 cm³/mol. The van der Waals surface area contributed by atoms with Crippen molar-refractivity contribution in [3.8, 4) is 17.1 Å². The van der Waals surface area contributed by atoms with Gasteiger partial charge >= 0.3 is 24.1 Å². The standard InChI is InChI=1S/C25H25F3N8O3/c1-16-21(13-30-24(31-16)38-10-9-35(2)3)17-7-8-20(29-12-17)14-36-15-22(39-34-36)33-23(37)32-19-6-4-5-18(11-19)25(26,27)28/h4-8,11-13,15H,9-10,14H2,1-3H3,(H-,32,33,34,37)/p+1. The maximum Gasteiger partial charge on any atom is 0.416 e. The van der Waals surface area contributed by atoms with E-state index in [0.29, 0.717) is 18.3 Å². The molecule has 0 bridgehead atoms. The Morgan fingerprint density at radius 1 is 1.13 bits per heavy atom. The molecule has 0 atom stereocenters. The highest BCUT2D eigenvalue weighted by atomic mass is 19.4. The largest absolute Gasteiger partial charge is 0.462 e. The van der Waals surface area contributed by atoms with Crippen molar-refractivity contribution >= 4 is 17.6 Å². The maximum absolute atomic E-state index is 12.9. The zero-order valence-electron chi connectivity index (χ0n) is 21.4. The van der Waals surface area contributed by atoms with Crippen LogP contribution in [0.1, 0.15) is 17.0 Å². The molecule has 3 aromatic heterocycles. The van der Waals surface area contributed by atoms with Gasteiger partial charge < -0.3 is 15.0 Å². The van der Waals surface area contributed by atoms with E-state index in [1.165, 1.54) is 23.0 Å². The molecule has 0 aliphatic heterocycles. The molecule has 0 unspecified atom stereocenters. The SMILES string of the molecule is Cc1nc(OCCN(C)C)ncc1-c1ccc(C[n+]2cc(NC(=O)Nc3cccc(C(F)(F)F)c3)on2)nc1. The molecule has 4 rings (SSSR count). The Bertz CT molecular complexity index is 1420. The van der Waals surface area contributed by atoms with Crippen molar-refractivity contribution in [1.82, 2.24) is 25.1 Å². The predicted octanol–water partition coefficient (Wildman–Crippen LogP) is 3.77. The molecule has 2 amide bonds. The minimum Gasteiger partial charge on any atom is -0.462 e. The number of benzene rings is 1. The lowest BCUT2D eigenvalue weighted by molar-refractivity contribution is -0.755. The molecule has 0 radical (unpaired) electrons. The Kier molecular flexibility index (Phi) is 8.34. The number of amides is 2. The van der Waals surface area contributed by atoms with Crippen molar-refractivity contribution in [2.45, 2.75) is 19.6 Å². The normalized spacial score (nSPS) is 11.5. The number of rotatable bonds is 9. The summed E-state index contributed by atoms with van der Waals surface area (Å²) < 4.78 is 50.7. The summed E-state index contributed by atoms with van der Waals surface area (Å²) in [4.78, 5) is 27.3. The van der Waals surface area contributed by atoms with Crippen LogP contribution in [0.5, 0.6) is 6.01 Å². The Morgan fingerprint density at radius 2 is 1.95 bits per heavy atom. The van der Waals surface area contributed by atoms with Crippen molar-refractivity contribution in [2.75, 3.05) is 37.9 Å². The number of aryl methyl sites for hydroxylation is 1. The number of halogens is 3. The van der Waals surface area contributed by atoms with Gasteiger partial charge in [0, 0.05) is 35.8 Å². The van der Waals surface area contributed by atoms with Gasteiger partial charge in [-0.25, -0.2) is 9.78 Å². The molecule has 1 aromatic carbocycles. The first-order valence-electron chi connectivity index (χ1n) is 11.7. The molecule has 0 aliphatic carbocycles. The Hall–Kier alpha value is -4.59. The minimum atomic E-state index is -4.52. The first-order valence-corrected chi connectivity index (χ1v) is 11.7. The molecule has 0 saturated heterocycles. The monoisotopic (exact) mass is 543 g/mol. The van der Waals surface area contributed by atoms with Crippen LogP contribution in [0.15, 0.2) is 59.5 Å². The van der Waals surface area contributed by atoms with Gasteiger partial charge in [0.2, 0.25) is 11.8 Å². The summed E-state index contributed by atoms with van der Waals surface area (Å²) in [6, 6.07) is 7.51. The zero-order chi connectivity index (χ0) is 28.0. The molecule has 4 aromatic rings. The van der Waals surface area contributed by atoms with Crippen LogP contribution in [-0.4, -0.2) is 58.4 Å². The molecular formula is C25H26F3N8O3+. The first-order chi connectivity index (χ1) is 18.6. The number of ether oxygens (including phenoxy) is 1. The second-order valence-electron chi connectivity index (χ2n) is 8.76. The minimum absolute atomic E-state index is 0.00300. The number of carbonyl (C=O) groups is 1. The fraction of sp³-hybridized carbons (Fsp3) is 0.280. The fourth-order valence-electron chi connectivity index (χ4n) is 3.42. The second kappa shape index (κ2) is 11.9. The van der Waals surface area contributed by atoms with Gasteiger partial charge in [0.05, 0.1) is 11.3 Å². The molecule has 11 nitrogen and oxygen atoms in total. The van der Waals surface area contributed by atoms with Crippen molar-refractivity contribution < 1.29 is 31.9 Å². The molecule has 14 heteroatoms. The third-order valence-electron chi connectivity index (χ3n) is 5.38. The number of carbonyl (C=O) groups excluding carboxylic acids is 1. The number of hydrogen-bond acceptors (Lipinski definition) is 8. The number of hydrogen-bond donors (Lipinski definition) is 2. The number of aromatic nitrogens is 5. The van der Waals surface area contributed by atoms with Crippen LogP contribution in [0, 0.1) is 6.92 Å². The highest BCUT2D eigenvalue weighted by Crippen LogP contribution is 2.30. The Labute approximate surface area is 221 Å². The number of alkyl halides is 3. The molecular weight excluding hydrogens is 517 g/mol. The van der Waals surface area contributed by atoms with Crippen LogP contribution in [0.4, 0.5) is 29.5 Å². The lowest BCUT2D eigenvalue weighted by Gasteiger charge is -2.11. The fourth-order valence-corrected chi connectivity index (χ4v) is 3.42. The summed E-state index contributed by atoms with van der Waals surface area (Å²) in [5.74, 6) is -0.00300. The van der Waals surface area contributed by atoms with E-state index in [1.54, 1.807) is 12.4 Å². The van der Waals surface area contributed by atoms with E-state index in [-0.39, 0.29) is 18.1 Å². The molecule has 39 heavy (non-hydrogen) atoms. The molecule has 204 valence electrons. The molecule has 0 spiro atoms. The molecule has 0 aliphatic rings. The van der Waals surface area contributed by atoms with E-state index in [4.69, 9.17) is 9.26 Å². The first kappa shape index (κ1) is 27.4. The number of likely N-dealkylation sites (N-methyl/N-ethyl adjacent to an activating group) is 1. The second-order valence-corrected chi connectivity index (χ2v) is 8.76. The van der Waals surface area contributed by atoms with E-state index in [0.717, 1.165) is 35.5 Å². The maximum atomic E-state index is 12.9. The smallest absolute Gasteiger partial charge is 0.416 e. The highest BCUT2D eigenvalue weighted by Gasteiger charge is 2.30. The van der Waals surface area contributed by atoms with Crippen molar-refractivity contribution in [1.29, 1.82) is 0 Å². The van der Waals surface area contributed by atoms with Crippen LogP contribution in [-0.2, 0) is 12.7 Å². The number of nitrogens with one attached hydrogen (secondary N) is 2. The van der Waals surface area contributed by atoms with Crippen LogP contribution in [0.2, 0.25) is 0 Å². The molecule has 3 heterocycles. The number of pyridine rings is 1. The van der Waals surface area contributed by atoms with Crippen LogP contribution < -0.4 is 20.1 Å². The van der Waals surface area contributed by atoms with Crippen molar-refractivity contribution in [3.63, 3.8) is 0 Å². The summed E-state index contributed by atoms with van der Waals surface area (Å²) in [7, 11) is 3.91. The third-order valence-corrected chi connectivity index (χ3v) is 5.38. The van der Waals surface area contributed by atoms with Gasteiger partial charge in [0.15, 0.2) is 0 Å². The summed E-state index contributed by atoms with van der Waals surface area (Å²) in [6.07, 6.45) is 0.289. The van der Waals surface area contributed by atoms with Gasteiger partial charge in [0.25, 0.3) is 6.20 Å². The van der Waals surface area contributed by atoms with Crippen LogP contribution in [0.3, 0.4) is 0 Å². The lowest BCUT2D eigenvalue weighted by atomic mass is 10.1. The Morgan fingerprint density at radius 3 is 2.64 bits per heavy atom. The average molecular weight is 544 g/mol. The van der Waals surface area contributed by atoms with Gasteiger partial charge in [-0.2, -0.15) is 18.2 Å². The third kappa shape index (κ3) is 7.70. The highest BCUT2D eigenvalue weighted by molar-refractivity contribution is 5.98. The number of anilines is 2. The zero-order valence-corrected chi connectivity index (χ0v) is 21.4. The quantitative estimate of drug-likeness (QED) is 0.306. The van der Waals surface area contributed by atoms with E-state index in [1.807, 2.05) is 38.1 Å². The lowest BCUT2D eigenvalue weighted by Crippen LogP contribution is -2.35. The van der Waals surface area contributed by atoms with E-state index < -0.39 is 17.8 Å². The summed E-state index contributed by atoms with van der Waals surface area (Å²) in [6.45, 7) is 3.35. The van der Waals surface area contributed by atoms with Crippen LogP contribution >= 0.6 is 0 Å². The van der Waals surface area contributed by atoms with Gasteiger partial charge in [0.1, 0.15) is 12.3 Å². The number of nitrogens with zero attached hydrogens (tertiary/aromatic N) is 6. The number of urea groups is 1.